The topological polar surface area (TPSA) is 25.8 Å². The zero-order valence-electron chi connectivity index (χ0n) is 9.49. The molecule has 0 bridgehead atoms. The standard InChI is InChI=1S/C13H16N2/c1-13(2,3)9-10-6-8-15-12-11(10)5-4-7-14-12/h4-8H,9H2,1-3H3. The molecule has 0 aromatic carbocycles. The number of hydrogen-bond donors (Lipinski definition) is 0. The Bertz CT molecular complexity index is 464. The Morgan fingerprint density at radius 1 is 1.07 bits per heavy atom. The summed E-state index contributed by atoms with van der Waals surface area (Å²) in [5.74, 6) is 0. The minimum Gasteiger partial charge on any atom is -0.237 e. The van der Waals surface area contributed by atoms with Gasteiger partial charge in [-0.25, -0.2) is 9.97 Å². The summed E-state index contributed by atoms with van der Waals surface area (Å²) in [7, 11) is 0. The second-order valence-electron chi connectivity index (χ2n) is 5.08. The van der Waals surface area contributed by atoms with Crippen molar-refractivity contribution in [3.8, 4) is 0 Å². The van der Waals surface area contributed by atoms with Crippen LogP contribution in [0.5, 0.6) is 0 Å². The van der Waals surface area contributed by atoms with Crippen molar-refractivity contribution < 1.29 is 0 Å². The van der Waals surface area contributed by atoms with Gasteiger partial charge < -0.3 is 0 Å². The molecule has 0 aliphatic carbocycles. The average molecular weight is 200 g/mol. The number of fused-ring (bicyclic) bond motifs is 1. The van der Waals surface area contributed by atoms with E-state index in [0.29, 0.717) is 5.41 Å². The number of nitrogens with zero attached hydrogens (tertiary/aromatic N) is 2. The minimum atomic E-state index is 0.296. The number of pyridine rings is 2. The van der Waals surface area contributed by atoms with Gasteiger partial charge in [-0.1, -0.05) is 20.8 Å². The van der Waals surface area contributed by atoms with Gasteiger partial charge in [0.25, 0.3) is 0 Å². The second-order valence-corrected chi connectivity index (χ2v) is 5.08. The van der Waals surface area contributed by atoms with Crippen LogP contribution >= 0.6 is 0 Å². The van der Waals surface area contributed by atoms with Crippen molar-refractivity contribution in [2.24, 2.45) is 5.41 Å². The van der Waals surface area contributed by atoms with Gasteiger partial charge in [0.1, 0.15) is 0 Å². The molecule has 0 saturated carbocycles. The van der Waals surface area contributed by atoms with Crippen LogP contribution in [0.15, 0.2) is 30.6 Å². The van der Waals surface area contributed by atoms with Crippen LogP contribution < -0.4 is 0 Å². The van der Waals surface area contributed by atoms with E-state index in [1.165, 1.54) is 10.9 Å². The first-order valence-electron chi connectivity index (χ1n) is 5.25. The molecular weight excluding hydrogens is 184 g/mol. The normalized spacial score (nSPS) is 11.9. The third-order valence-electron chi connectivity index (χ3n) is 2.33. The lowest BCUT2D eigenvalue weighted by atomic mass is 9.87. The maximum absolute atomic E-state index is 4.26. The van der Waals surface area contributed by atoms with Crippen molar-refractivity contribution in [3.05, 3.63) is 36.2 Å². The molecule has 0 unspecified atom stereocenters. The van der Waals surface area contributed by atoms with Crippen LogP contribution in [0.2, 0.25) is 0 Å². The van der Waals surface area contributed by atoms with E-state index in [4.69, 9.17) is 0 Å². The fourth-order valence-electron chi connectivity index (χ4n) is 1.76. The van der Waals surface area contributed by atoms with Crippen molar-refractivity contribution in [2.45, 2.75) is 27.2 Å². The van der Waals surface area contributed by atoms with Crippen LogP contribution in [0, 0.1) is 5.41 Å². The predicted octanol–water partition coefficient (Wildman–Crippen LogP) is 3.22. The van der Waals surface area contributed by atoms with Gasteiger partial charge in [-0.15, -0.1) is 0 Å². The van der Waals surface area contributed by atoms with E-state index in [1.54, 1.807) is 6.20 Å². The van der Waals surface area contributed by atoms with Crippen molar-refractivity contribution in [1.29, 1.82) is 0 Å². The molecule has 2 aromatic rings. The highest BCUT2D eigenvalue weighted by Crippen LogP contribution is 2.24. The summed E-state index contributed by atoms with van der Waals surface area (Å²) < 4.78 is 0. The second kappa shape index (κ2) is 3.61. The predicted molar refractivity (Wildman–Crippen MR) is 62.7 cm³/mol. The molecule has 0 atom stereocenters. The summed E-state index contributed by atoms with van der Waals surface area (Å²) in [6.07, 6.45) is 4.68. The van der Waals surface area contributed by atoms with E-state index >= 15 is 0 Å². The molecule has 2 heteroatoms. The Labute approximate surface area is 90.4 Å². The molecule has 2 nitrogen and oxygen atoms in total. The first-order chi connectivity index (χ1) is 7.06. The van der Waals surface area contributed by atoms with Crippen molar-refractivity contribution in [2.75, 3.05) is 0 Å². The van der Waals surface area contributed by atoms with Gasteiger partial charge in [-0.2, -0.15) is 0 Å². The summed E-state index contributed by atoms with van der Waals surface area (Å²) >= 11 is 0. The van der Waals surface area contributed by atoms with Crippen LogP contribution in [-0.2, 0) is 6.42 Å². The zero-order valence-corrected chi connectivity index (χ0v) is 9.49. The molecule has 0 fully saturated rings. The minimum absolute atomic E-state index is 0.296. The maximum Gasteiger partial charge on any atom is 0.159 e. The lowest BCUT2D eigenvalue weighted by Crippen LogP contribution is -2.09. The van der Waals surface area contributed by atoms with Gasteiger partial charge in [0.15, 0.2) is 5.65 Å². The lowest BCUT2D eigenvalue weighted by molar-refractivity contribution is 0.412. The van der Waals surface area contributed by atoms with Crippen LogP contribution in [0.3, 0.4) is 0 Å². The van der Waals surface area contributed by atoms with Gasteiger partial charge in [0.2, 0.25) is 0 Å². The Hall–Kier alpha value is -1.44. The Balaban J connectivity index is 2.52. The molecule has 2 aromatic heterocycles. The van der Waals surface area contributed by atoms with Gasteiger partial charge in [0.05, 0.1) is 0 Å². The molecule has 0 spiro atoms. The average Bonchev–Trinajstić information content (AvgIpc) is 2.16. The highest BCUT2D eigenvalue weighted by Gasteiger charge is 2.13. The first kappa shape index (κ1) is 10.1. The smallest absolute Gasteiger partial charge is 0.159 e. The third kappa shape index (κ3) is 2.32. The van der Waals surface area contributed by atoms with E-state index in [0.717, 1.165) is 12.1 Å². The summed E-state index contributed by atoms with van der Waals surface area (Å²) in [6.45, 7) is 6.74. The Morgan fingerprint density at radius 3 is 2.53 bits per heavy atom. The van der Waals surface area contributed by atoms with Crippen molar-refractivity contribution >= 4 is 11.0 Å². The van der Waals surface area contributed by atoms with E-state index in [-0.39, 0.29) is 0 Å². The van der Waals surface area contributed by atoms with E-state index in [2.05, 4.69) is 42.9 Å². The van der Waals surface area contributed by atoms with Crippen LogP contribution in [-0.4, -0.2) is 9.97 Å². The number of hydrogen-bond acceptors (Lipinski definition) is 2. The van der Waals surface area contributed by atoms with Crippen LogP contribution in [0.1, 0.15) is 26.3 Å². The molecule has 2 heterocycles. The fourth-order valence-corrected chi connectivity index (χ4v) is 1.76. The summed E-state index contributed by atoms with van der Waals surface area (Å²) in [6, 6.07) is 6.15. The molecule has 15 heavy (non-hydrogen) atoms. The van der Waals surface area contributed by atoms with Crippen molar-refractivity contribution in [3.63, 3.8) is 0 Å². The van der Waals surface area contributed by atoms with Crippen LogP contribution in [0.4, 0.5) is 0 Å². The Kier molecular flexibility index (Phi) is 2.43. The Morgan fingerprint density at radius 2 is 1.80 bits per heavy atom. The monoisotopic (exact) mass is 200 g/mol. The third-order valence-corrected chi connectivity index (χ3v) is 2.33. The van der Waals surface area contributed by atoms with E-state index < -0.39 is 0 Å². The molecule has 0 saturated heterocycles. The summed E-state index contributed by atoms with van der Waals surface area (Å²) in [5, 5.41) is 1.18. The van der Waals surface area contributed by atoms with Gasteiger partial charge in [-0.3, -0.25) is 0 Å². The van der Waals surface area contributed by atoms with E-state index in [9.17, 15) is 0 Å². The van der Waals surface area contributed by atoms with Gasteiger partial charge in [0, 0.05) is 17.8 Å². The maximum atomic E-state index is 4.26. The molecule has 0 aliphatic rings. The van der Waals surface area contributed by atoms with E-state index in [1.807, 2.05) is 12.3 Å². The van der Waals surface area contributed by atoms with Gasteiger partial charge >= 0.3 is 0 Å². The van der Waals surface area contributed by atoms with Crippen LogP contribution in [0.25, 0.3) is 11.0 Å². The number of aromatic nitrogens is 2. The molecule has 78 valence electrons. The molecule has 0 N–H and O–H groups in total. The molecular formula is C13H16N2. The quantitative estimate of drug-likeness (QED) is 0.706. The summed E-state index contributed by atoms with van der Waals surface area (Å²) in [4.78, 5) is 8.52. The molecule has 0 aliphatic heterocycles. The highest BCUT2D eigenvalue weighted by molar-refractivity contribution is 5.78. The largest absolute Gasteiger partial charge is 0.237 e. The fraction of sp³-hybridized carbons (Fsp3) is 0.385. The van der Waals surface area contributed by atoms with Gasteiger partial charge in [-0.05, 0) is 35.6 Å². The SMILES string of the molecule is CC(C)(C)Cc1ccnc2ncccc12. The summed E-state index contributed by atoms with van der Waals surface area (Å²) in [5.41, 5.74) is 2.48. The highest BCUT2D eigenvalue weighted by atomic mass is 14.8. The van der Waals surface area contributed by atoms with Crippen molar-refractivity contribution in [1.82, 2.24) is 9.97 Å². The molecule has 0 amide bonds. The molecule has 2 rings (SSSR count). The number of rotatable bonds is 1. The zero-order chi connectivity index (χ0) is 10.9. The first-order valence-corrected chi connectivity index (χ1v) is 5.25. The molecule has 0 radical (unpaired) electrons. The lowest BCUT2D eigenvalue weighted by Gasteiger charge is -2.18.